The number of nitrogens with zero attached hydrogens (tertiary/aromatic N) is 1. The minimum Gasteiger partial charge on any atom is -0.380 e. The van der Waals surface area contributed by atoms with E-state index in [2.05, 4.69) is 17.5 Å². The molecule has 4 aliphatic rings. The van der Waals surface area contributed by atoms with Gasteiger partial charge in [0.25, 0.3) is 0 Å². The van der Waals surface area contributed by atoms with Crippen LogP contribution in [0, 0.1) is 29.1 Å². The van der Waals surface area contributed by atoms with Crippen molar-refractivity contribution in [3.05, 3.63) is 29.8 Å². The second-order valence-corrected chi connectivity index (χ2v) is 7.02. The van der Waals surface area contributed by atoms with Crippen LogP contribution in [0.15, 0.2) is 24.3 Å². The summed E-state index contributed by atoms with van der Waals surface area (Å²) in [5.74, 6) is 2.87. The molecule has 0 unspecified atom stereocenters. The maximum atomic E-state index is 9.01. The zero-order chi connectivity index (χ0) is 12.9. The van der Waals surface area contributed by atoms with Gasteiger partial charge in [0.15, 0.2) is 0 Å². The molecule has 0 heterocycles. The molecule has 0 radical (unpaired) electrons. The molecule has 4 bridgehead atoms. The summed E-state index contributed by atoms with van der Waals surface area (Å²) in [6.45, 7) is 0. The molecule has 19 heavy (non-hydrogen) atoms. The molecule has 0 amide bonds. The number of nitriles is 1. The van der Waals surface area contributed by atoms with Gasteiger partial charge < -0.3 is 5.32 Å². The summed E-state index contributed by atoms with van der Waals surface area (Å²) in [6.07, 6.45) is 8.44. The fourth-order valence-electron chi connectivity index (χ4n) is 5.24. The average molecular weight is 252 g/mol. The highest BCUT2D eigenvalue weighted by atomic mass is 15.0. The normalized spacial score (nSPS) is 39.0. The van der Waals surface area contributed by atoms with Crippen LogP contribution in [0.5, 0.6) is 0 Å². The molecule has 0 aromatic heterocycles. The molecule has 0 saturated heterocycles. The van der Waals surface area contributed by atoms with Crippen LogP contribution in [0.2, 0.25) is 0 Å². The van der Waals surface area contributed by atoms with Crippen molar-refractivity contribution in [3.8, 4) is 6.07 Å². The van der Waals surface area contributed by atoms with Crippen molar-refractivity contribution in [1.82, 2.24) is 0 Å². The zero-order valence-corrected chi connectivity index (χ0v) is 11.2. The number of rotatable bonds is 2. The van der Waals surface area contributed by atoms with Crippen molar-refractivity contribution in [1.29, 1.82) is 5.26 Å². The van der Waals surface area contributed by atoms with E-state index in [0.717, 1.165) is 29.0 Å². The van der Waals surface area contributed by atoms with Gasteiger partial charge in [-0.15, -0.1) is 0 Å². The van der Waals surface area contributed by atoms with E-state index in [1.54, 1.807) is 0 Å². The van der Waals surface area contributed by atoms with Gasteiger partial charge in [-0.1, -0.05) is 6.07 Å². The molecule has 1 N–H and O–H groups in total. The monoisotopic (exact) mass is 252 g/mol. The summed E-state index contributed by atoms with van der Waals surface area (Å²) >= 11 is 0. The second kappa shape index (κ2) is 4.00. The first-order valence-corrected chi connectivity index (χ1v) is 7.53. The summed E-state index contributed by atoms with van der Waals surface area (Å²) in [4.78, 5) is 0. The lowest BCUT2D eigenvalue weighted by atomic mass is 9.53. The number of hydrogen-bond donors (Lipinski definition) is 1. The Morgan fingerprint density at radius 1 is 1.05 bits per heavy atom. The Balaban J connectivity index is 1.60. The van der Waals surface area contributed by atoms with Crippen LogP contribution in [0.3, 0.4) is 0 Å². The van der Waals surface area contributed by atoms with Crippen LogP contribution in [0.1, 0.15) is 44.1 Å². The lowest BCUT2D eigenvalue weighted by Crippen LogP contribution is -2.54. The van der Waals surface area contributed by atoms with Crippen LogP contribution >= 0.6 is 0 Å². The predicted molar refractivity (Wildman–Crippen MR) is 75.7 cm³/mol. The van der Waals surface area contributed by atoms with E-state index in [0.29, 0.717) is 5.54 Å². The minimum absolute atomic E-state index is 0.336. The Hall–Kier alpha value is -1.49. The van der Waals surface area contributed by atoms with Gasteiger partial charge in [-0.3, -0.25) is 0 Å². The number of hydrogen-bond acceptors (Lipinski definition) is 2. The molecular formula is C17H20N2. The highest BCUT2D eigenvalue weighted by Crippen LogP contribution is 2.56. The third-order valence-electron chi connectivity index (χ3n) is 5.44. The van der Waals surface area contributed by atoms with Crippen molar-refractivity contribution >= 4 is 5.69 Å². The lowest BCUT2D eigenvalue weighted by Gasteiger charge is -2.57. The zero-order valence-electron chi connectivity index (χ0n) is 11.2. The molecule has 0 aliphatic heterocycles. The first kappa shape index (κ1) is 11.3. The highest BCUT2D eigenvalue weighted by Gasteiger charge is 2.50. The van der Waals surface area contributed by atoms with E-state index >= 15 is 0 Å². The Morgan fingerprint density at radius 2 is 1.68 bits per heavy atom. The van der Waals surface area contributed by atoms with Crippen LogP contribution < -0.4 is 5.32 Å². The van der Waals surface area contributed by atoms with Crippen molar-refractivity contribution in [3.63, 3.8) is 0 Å². The number of benzene rings is 1. The summed E-state index contributed by atoms with van der Waals surface area (Å²) in [6, 6.07) is 10.2. The van der Waals surface area contributed by atoms with Crippen LogP contribution in [-0.2, 0) is 0 Å². The highest BCUT2D eigenvalue weighted by molar-refractivity contribution is 5.51. The van der Waals surface area contributed by atoms with Crippen molar-refractivity contribution in [2.24, 2.45) is 17.8 Å². The fraction of sp³-hybridized carbons (Fsp3) is 0.588. The molecule has 4 fully saturated rings. The van der Waals surface area contributed by atoms with E-state index in [-0.39, 0.29) is 0 Å². The maximum Gasteiger partial charge on any atom is 0.0992 e. The third kappa shape index (κ3) is 1.92. The van der Waals surface area contributed by atoms with Gasteiger partial charge in [0.05, 0.1) is 11.6 Å². The van der Waals surface area contributed by atoms with Gasteiger partial charge in [0, 0.05) is 11.2 Å². The van der Waals surface area contributed by atoms with E-state index in [9.17, 15) is 0 Å². The minimum atomic E-state index is 0.336. The molecule has 2 nitrogen and oxygen atoms in total. The van der Waals surface area contributed by atoms with Gasteiger partial charge in [-0.2, -0.15) is 5.26 Å². The van der Waals surface area contributed by atoms with E-state index in [4.69, 9.17) is 5.26 Å². The second-order valence-electron chi connectivity index (χ2n) is 7.02. The molecule has 0 spiro atoms. The van der Waals surface area contributed by atoms with E-state index in [1.807, 2.05) is 18.2 Å². The van der Waals surface area contributed by atoms with Gasteiger partial charge >= 0.3 is 0 Å². The standard InChI is InChI=1S/C17H20N2/c18-11-12-2-1-3-16(7-12)19-17-8-13-4-14(9-17)6-15(5-13)10-17/h1-3,7,13-15,19H,4-6,8-10H2. The largest absolute Gasteiger partial charge is 0.380 e. The molecule has 1 aromatic carbocycles. The van der Waals surface area contributed by atoms with Crippen molar-refractivity contribution < 1.29 is 0 Å². The summed E-state index contributed by atoms with van der Waals surface area (Å²) in [5, 5.41) is 12.8. The van der Waals surface area contributed by atoms with Crippen LogP contribution in [0.25, 0.3) is 0 Å². The van der Waals surface area contributed by atoms with Crippen LogP contribution in [0.4, 0.5) is 5.69 Å². The Kier molecular flexibility index (Phi) is 2.39. The third-order valence-corrected chi connectivity index (χ3v) is 5.44. The molecule has 98 valence electrons. The molecule has 1 aromatic rings. The molecule has 2 heteroatoms. The van der Waals surface area contributed by atoms with Gasteiger partial charge in [-0.25, -0.2) is 0 Å². The fourth-order valence-corrected chi connectivity index (χ4v) is 5.24. The number of nitrogens with one attached hydrogen (secondary N) is 1. The lowest BCUT2D eigenvalue weighted by molar-refractivity contribution is 0.0107. The SMILES string of the molecule is N#Cc1cccc(NC23CC4CC(CC(C4)C2)C3)c1. The van der Waals surface area contributed by atoms with Crippen molar-refractivity contribution in [2.45, 2.75) is 44.1 Å². The number of anilines is 1. The van der Waals surface area contributed by atoms with E-state index < -0.39 is 0 Å². The molecule has 5 rings (SSSR count). The Labute approximate surface area is 114 Å². The molecule has 0 atom stereocenters. The first-order chi connectivity index (χ1) is 9.25. The van der Waals surface area contributed by atoms with Crippen molar-refractivity contribution in [2.75, 3.05) is 5.32 Å². The molecular weight excluding hydrogens is 232 g/mol. The molecule has 4 saturated carbocycles. The first-order valence-electron chi connectivity index (χ1n) is 7.53. The smallest absolute Gasteiger partial charge is 0.0992 e. The van der Waals surface area contributed by atoms with E-state index in [1.165, 1.54) is 38.5 Å². The van der Waals surface area contributed by atoms with Gasteiger partial charge in [0.1, 0.15) is 0 Å². The maximum absolute atomic E-state index is 9.01. The Bertz CT molecular complexity index is 505. The van der Waals surface area contributed by atoms with Gasteiger partial charge in [-0.05, 0) is 74.5 Å². The molecule has 4 aliphatic carbocycles. The summed E-state index contributed by atoms with van der Waals surface area (Å²) < 4.78 is 0. The Morgan fingerprint density at radius 3 is 2.26 bits per heavy atom. The quantitative estimate of drug-likeness (QED) is 0.865. The van der Waals surface area contributed by atoms with Gasteiger partial charge in [0.2, 0.25) is 0 Å². The summed E-state index contributed by atoms with van der Waals surface area (Å²) in [7, 11) is 0. The predicted octanol–water partition coefficient (Wildman–Crippen LogP) is 3.94. The summed E-state index contributed by atoms with van der Waals surface area (Å²) in [5.41, 5.74) is 2.23. The average Bonchev–Trinajstić information content (AvgIpc) is 2.36. The van der Waals surface area contributed by atoms with Crippen LogP contribution in [-0.4, -0.2) is 5.54 Å². The topological polar surface area (TPSA) is 35.8 Å².